The summed E-state index contributed by atoms with van der Waals surface area (Å²) in [4.78, 5) is 2.03. The Kier molecular flexibility index (Phi) is 4.67. The van der Waals surface area contributed by atoms with Gasteiger partial charge in [0.1, 0.15) is 0 Å². The minimum absolute atomic E-state index is 0.824. The maximum atomic E-state index is 5.21. The topological polar surface area (TPSA) is 15.3 Å². The lowest BCUT2D eigenvalue weighted by Gasteiger charge is -2.22. The number of anilines is 2. The van der Waals surface area contributed by atoms with Crippen LogP contribution in [0.25, 0.3) is 0 Å². The molecule has 0 aliphatic heterocycles. The van der Waals surface area contributed by atoms with E-state index >= 15 is 0 Å². The Bertz CT molecular complexity index is 389. The summed E-state index contributed by atoms with van der Waals surface area (Å²) < 4.78 is 1.65. The normalized spacial score (nSPS) is 10.6. The molecule has 0 unspecified atom stereocenters. The molecule has 0 heterocycles. The highest BCUT2D eigenvalue weighted by atomic mass is 32.1. The van der Waals surface area contributed by atoms with Crippen molar-refractivity contribution in [2.24, 2.45) is 0 Å². The van der Waals surface area contributed by atoms with Gasteiger partial charge in [-0.15, -0.1) is 0 Å². The monoisotopic (exact) mass is 242 g/mol. The smallest absolute Gasteiger partial charge is 0.0834 e. The quantitative estimate of drug-likeness (QED) is 0.604. The molecule has 1 aromatic rings. The van der Waals surface area contributed by atoms with Crippen molar-refractivity contribution in [1.82, 2.24) is 0 Å². The van der Waals surface area contributed by atoms with E-state index in [1.165, 1.54) is 19.3 Å². The number of hydrogen-bond acceptors (Lipinski definition) is 4. The molecule has 0 aliphatic rings. The summed E-state index contributed by atoms with van der Waals surface area (Å²) >= 11 is 10.4. The Morgan fingerprint density at radius 1 is 1.13 bits per heavy atom. The molecule has 0 saturated heterocycles. The maximum absolute atomic E-state index is 5.21. The molecule has 1 aromatic carbocycles. The Morgan fingerprint density at radius 2 is 1.80 bits per heavy atom. The van der Waals surface area contributed by atoms with Crippen molar-refractivity contribution in [3.05, 3.63) is 9.02 Å². The zero-order valence-corrected chi connectivity index (χ0v) is 11.2. The molecule has 15 heavy (non-hydrogen) atoms. The minimum Gasteiger partial charge on any atom is -0.382 e. The van der Waals surface area contributed by atoms with Gasteiger partial charge in [-0.05, 0) is 6.42 Å². The number of nitrogens with one attached hydrogen (secondary N) is 1. The highest BCUT2D eigenvalue weighted by molar-refractivity contribution is 7.74. The third-order valence-corrected chi connectivity index (χ3v) is 3.35. The summed E-state index contributed by atoms with van der Waals surface area (Å²) in [6, 6.07) is 0. The van der Waals surface area contributed by atoms with Gasteiger partial charge < -0.3 is 10.2 Å². The second-order valence-corrected chi connectivity index (χ2v) is 4.73. The molecule has 1 rings (SSSR count). The van der Waals surface area contributed by atoms with E-state index in [9.17, 15) is 0 Å². The van der Waals surface area contributed by atoms with Gasteiger partial charge in [-0.3, -0.25) is 0 Å². The van der Waals surface area contributed by atoms with Crippen LogP contribution in [0.1, 0.15) is 26.2 Å². The van der Waals surface area contributed by atoms with Gasteiger partial charge in [-0.1, -0.05) is 44.2 Å². The van der Waals surface area contributed by atoms with E-state index in [-0.39, 0.29) is 0 Å². The molecule has 84 valence electrons. The van der Waals surface area contributed by atoms with Gasteiger partial charge >= 0.3 is 0 Å². The minimum atomic E-state index is 0.824. The van der Waals surface area contributed by atoms with E-state index in [2.05, 4.69) is 12.2 Å². The lowest BCUT2D eigenvalue weighted by Crippen LogP contribution is -2.16. The largest absolute Gasteiger partial charge is 0.382 e. The Labute approximate surface area is 102 Å². The van der Waals surface area contributed by atoms with Crippen molar-refractivity contribution in [2.75, 3.05) is 30.9 Å². The Balaban J connectivity index is 2.58. The number of rotatable bonds is 6. The van der Waals surface area contributed by atoms with E-state index < -0.39 is 0 Å². The average molecular weight is 242 g/mol. The molecule has 1 N–H and O–H groups in total. The zero-order valence-electron chi connectivity index (χ0n) is 9.59. The summed E-state index contributed by atoms with van der Waals surface area (Å²) in [5.74, 6) is 0. The fourth-order valence-corrected chi connectivity index (χ4v) is 2.21. The highest BCUT2D eigenvalue weighted by Crippen LogP contribution is 2.34. The third-order valence-electron chi connectivity index (χ3n) is 2.41. The fraction of sp³-hybridized carbons (Fsp3) is 0.636. The molecule has 0 fully saturated rings. The first-order chi connectivity index (χ1) is 7.09. The van der Waals surface area contributed by atoms with E-state index in [0.29, 0.717) is 0 Å². The van der Waals surface area contributed by atoms with Gasteiger partial charge in [0.15, 0.2) is 0 Å². The maximum Gasteiger partial charge on any atom is 0.0834 e. The second kappa shape index (κ2) is 5.56. The molecule has 4 heteroatoms. The fourth-order valence-electron chi connectivity index (χ4n) is 1.56. The molecule has 0 saturated carbocycles. The second-order valence-electron chi connectivity index (χ2n) is 3.91. The Morgan fingerprint density at radius 3 is 2.33 bits per heavy atom. The van der Waals surface area contributed by atoms with Gasteiger partial charge in [-0.2, -0.15) is 0 Å². The van der Waals surface area contributed by atoms with Crippen molar-refractivity contribution in [3.8, 4) is 0 Å². The van der Waals surface area contributed by atoms with Crippen molar-refractivity contribution >= 4 is 35.8 Å². The van der Waals surface area contributed by atoms with E-state index in [1.54, 1.807) is 0 Å². The zero-order chi connectivity index (χ0) is 11.4. The van der Waals surface area contributed by atoms with E-state index in [4.69, 9.17) is 24.4 Å². The number of unbranched alkanes of at least 4 members (excludes halogenated alkanes) is 2. The molecule has 0 amide bonds. The summed E-state index contributed by atoms with van der Waals surface area (Å²) in [5, 5.41) is 3.37. The van der Waals surface area contributed by atoms with E-state index in [0.717, 1.165) is 26.9 Å². The molecule has 2 nitrogen and oxygen atoms in total. The number of hydrogen-bond donors (Lipinski definition) is 1. The SMILES string of the molecule is CCCCCNc1c(N(C)C)c(=S)c1=S. The summed E-state index contributed by atoms with van der Waals surface area (Å²) in [6.07, 6.45) is 3.69. The predicted molar refractivity (Wildman–Crippen MR) is 72.8 cm³/mol. The van der Waals surface area contributed by atoms with Crippen LogP contribution in [0.15, 0.2) is 0 Å². The van der Waals surface area contributed by atoms with Crippen molar-refractivity contribution in [1.29, 1.82) is 0 Å². The lowest BCUT2D eigenvalue weighted by atomic mass is 10.2. The van der Waals surface area contributed by atoms with Crippen LogP contribution in [0.2, 0.25) is 0 Å². The van der Waals surface area contributed by atoms with Gasteiger partial charge in [0.2, 0.25) is 0 Å². The Hall–Kier alpha value is -0.480. The number of nitrogens with zero attached hydrogens (tertiary/aromatic N) is 1. The summed E-state index contributed by atoms with van der Waals surface area (Å²) in [7, 11) is 3.99. The molecule has 0 spiro atoms. The van der Waals surface area contributed by atoms with Gasteiger partial charge in [-0.25, -0.2) is 0 Å². The van der Waals surface area contributed by atoms with Crippen LogP contribution in [-0.2, 0) is 0 Å². The molecular formula is C11H18N2S2. The van der Waals surface area contributed by atoms with Gasteiger partial charge in [0, 0.05) is 20.6 Å². The molecule has 0 aromatic heterocycles. The standard InChI is InChI=1S/C11H18N2S2/c1-4-5-6-7-12-8-9(13(2)3)11(15)10(8)14/h12H,4-7H2,1-3H3. The lowest BCUT2D eigenvalue weighted by molar-refractivity contribution is 0.743. The first-order valence-electron chi connectivity index (χ1n) is 5.34. The first kappa shape index (κ1) is 12.6. The summed E-state index contributed by atoms with van der Waals surface area (Å²) in [6.45, 7) is 3.19. The predicted octanol–water partition coefficient (Wildman–Crippen LogP) is 3.69. The molecule has 0 atom stereocenters. The van der Waals surface area contributed by atoms with Crippen molar-refractivity contribution in [2.45, 2.75) is 26.2 Å². The summed E-state index contributed by atoms with van der Waals surface area (Å²) in [5.41, 5.74) is 2.16. The third kappa shape index (κ3) is 2.75. The molecule has 0 aliphatic carbocycles. The molecule has 0 bridgehead atoms. The van der Waals surface area contributed by atoms with Crippen molar-refractivity contribution < 1.29 is 0 Å². The molecule has 0 radical (unpaired) electrons. The van der Waals surface area contributed by atoms with Gasteiger partial charge in [0.25, 0.3) is 0 Å². The average Bonchev–Trinajstić information content (AvgIpc) is 2.20. The van der Waals surface area contributed by atoms with Crippen LogP contribution in [0.5, 0.6) is 0 Å². The van der Waals surface area contributed by atoms with Crippen LogP contribution < -0.4 is 10.2 Å². The van der Waals surface area contributed by atoms with Crippen LogP contribution in [0.3, 0.4) is 0 Å². The molecular weight excluding hydrogens is 224 g/mol. The van der Waals surface area contributed by atoms with Crippen molar-refractivity contribution in [3.63, 3.8) is 0 Å². The van der Waals surface area contributed by atoms with Crippen LogP contribution >= 0.6 is 24.4 Å². The van der Waals surface area contributed by atoms with Crippen LogP contribution in [-0.4, -0.2) is 20.6 Å². The van der Waals surface area contributed by atoms with Crippen LogP contribution in [0, 0.1) is 9.02 Å². The first-order valence-corrected chi connectivity index (χ1v) is 6.15. The van der Waals surface area contributed by atoms with E-state index in [1.807, 2.05) is 19.0 Å². The van der Waals surface area contributed by atoms with Gasteiger partial charge in [0.05, 0.1) is 20.4 Å². The highest BCUT2D eigenvalue weighted by Gasteiger charge is 2.15. The van der Waals surface area contributed by atoms with Crippen LogP contribution in [0.4, 0.5) is 11.4 Å².